The molecule has 0 heterocycles. The second kappa shape index (κ2) is 3.47. The first-order valence-corrected chi connectivity index (χ1v) is 4.90. The fraction of sp³-hybridized carbons (Fsp3) is 0.667. The Kier molecular flexibility index (Phi) is 2.76. The third kappa shape index (κ3) is 1.63. The predicted octanol–water partition coefficient (Wildman–Crippen LogP) is 3.95. The van der Waals surface area contributed by atoms with Crippen LogP contribution in [0.3, 0.4) is 0 Å². The topological polar surface area (TPSA) is 0 Å². The SMILES string of the molecule is C=C(C)C1(C=CC)CCC(C)C1. The van der Waals surface area contributed by atoms with Gasteiger partial charge in [-0.05, 0) is 39.0 Å². The number of rotatable bonds is 2. The molecule has 1 saturated carbocycles. The van der Waals surface area contributed by atoms with Crippen LogP contribution in [0.25, 0.3) is 0 Å². The summed E-state index contributed by atoms with van der Waals surface area (Å²) in [6.07, 6.45) is 8.48. The van der Waals surface area contributed by atoms with E-state index in [1.165, 1.54) is 24.8 Å². The first-order chi connectivity index (χ1) is 5.60. The molecule has 0 N–H and O–H groups in total. The summed E-state index contributed by atoms with van der Waals surface area (Å²) in [5.74, 6) is 0.873. The van der Waals surface area contributed by atoms with E-state index in [-0.39, 0.29) is 0 Å². The van der Waals surface area contributed by atoms with Gasteiger partial charge in [-0.3, -0.25) is 0 Å². The maximum atomic E-state index is 4.11. The molecular formula is C12H20. The van der Waals surface area contributed by atoms with Gasteiger partial charge < -0.3 is 0 Å². The summed E-state index contributed by atoms with van der Waals surface area (Å²) < 4.78 is 0. The van der Waals surface area contributed by atoms with Crippen LogP contribution in [0.2, 0.25) is 0 Å². The molecule has 0 saturated heterocycles. The highest BCUT2D eigenvalue weighted by Crippen LogP contribution is 2.47. The van der Waals surface area contributed by atoms with Gasteiger partial charge in [-0.1, -0.05) is 31.2 Å². The van der Waals surface area contributed by atoms with Crippen molar-refractivity contribution in [3.8, 4) is 0 Å². The van der Waals surface area contributed by atoms with Crippen LogP contribution in [0.5, 0.6) is 0 Å². The van der Waals surface area contributed by atoms with Crippen LogP contribution < -0.4 is 0 Å². The Balaban J connectivity index is 2.81. The second-order valence-corrected chi connectivity index (χ2v) is 4.28. The Labute approximate surface area is 76.4 Å². The zero-order valence-corrected chi connectivity index (χ0v) is 8.56. The minimum absolute atomic E-state index is 0.341. The number of hydrogen-bond acceptors (Lipinski definition) is 0. The maximum Gasteiger partial charge on any atom is 0.00878 e. The molecule has 0 aromatic heterocycles. The number of hydrogen-bond donors (Lipinski definition) is 0. The van der Waals surface area contributed by atoms with Crippen molar-refractivity contribution in [2.45, 2.75) is 40.0 Å². The molecule has 1 rings (SSSR count). The van der Waals surface area contributed by atoms with Gasteiger partial charge in [-0.15, -0.1) is 0 Å². The lowest BCUT2D eigenvalue weighted by Gasteiger charge is -2.25. The molecule has 0 heteroatoms. The van der Waals surface area contributed by atoms with Crippen LogP contribution in [-0.4, -0.2) is 0 Å². The van der Waals surface area contributed by atoms with Gasteiger partial charge in [0, 0.05) is 5.41 Å². The second-order valence-electron chi connectivity index (χ2n) is 4.28. The van der Waals surface area contributed by atoms with Crippen LogP contribution >= 0.6 is 0 Å². The lowest BCUT2D eigenvalue weighted by molar-refractivity contribution is 0.456. The lowest BCUT2D eigenvalue weighted by atomic mass is 9.79. The molecule has 0 aromatic carbocycles. The van der Waals surface area contributed by atoms with Crippen LogP contribution in [0.15, 0.2) is 24.3 Å². The van der Waals surface area contributed by atoms with Crippen molar-refractivity contribution in [1.82, 2.24) is 0 Å². The van der Waals surface area contributed by atoms with Gasteiger partial charge >= 0.3 is 0 Å². The molecule has 0 radical (unpaired) electrons. The highest BCUT2D eigenvalue weighted by molar-refractivity contribution is 5.19. The van der Waals surface area contributed by atoms with E-state index < -0.39 is 0 Å². The Hall–Kier alpha value is -0.520. The van der Waals surface area contributed by atoms with E-state index in [1.807, 2.05) is 0 Å². The van der Waals surface area contributed by atoms with Crippen molar-refractivity contribution in [2.24, 2.45) is 11.3 Å². The highest BCUT2D eigenvalue weighted by atomic mass is 14.4. The zero-order chi connectivity index (χ0) is 9.19. The summed E-state index contributed by atoms with van der Waals surface area (Å²) in [6.45, 7) is 10.7. The smallest absolute Gasteiger partial charge is 0.00878 e. The molecule has 0 nitrogen and oxygen atoms in total. The first-order valence-electron chi connectivity index (χ1n) is 4.90. The number of allylic oxidation sites excluding steroid dienone is 3. The minimum Gasteiger partial charge on any atom is -0.0993 e. The summed E-state index contributed by atoms with van der Waals surface area (Å²) >= 11 is 0. The summed E-state index contributed by atoms with van der Waals surface area (Å²) in [5.41, 5.74) is 1.68. The lowest BCUT2D eigenvalue weighted by Crippen LogP contribution is -2.14. The molecule has 0 bridgehead atoms. The Morgan fingerprint density at radius 3 is 2.58 bits per heavy atom. The van der Waals surface area contributed by atoms with Crippen LogP contribution in [0, 0.1) is 11.3 Å². The molecule has 1 aliphatic carbocycles. The van der Waals surface area contributed by atoms with Crippen molar-refractivity contribution in [1.29, 1.82) is 0 Å². The summed E-state index contributed by atoms with van der Waals surface area (Å²) in [6, 6.07) is 0. The monoisotopic (exact) mass is 164 g/mol. The van der Waals surface area contributed by atoms with Crippen molar-refractivity contribution in [2.75, 3.05) is 0 Å². The molecule has 0 aliphatic heterocycles. The Morgan fingerprint density at radius 2 is 2.25 bits per heavy atom. The van der Waals surface area contributed by atoms with Crippen LogP contribution in [0.1, 0.15) is 40.0 Å². The molecule has 2 atom stereocenters. The van der Waals surface area contributed by atoms with Crippen LogP contribution in [0.4, 0.5) is 0 Å². The molecule has 0 amide bonds. The average Bonchev–Trinajstić information content (AvgIpc) is 2.34. The van der Waals surface area contributed by atoms with E-state index in [0.717, 1.165) is 5.92 Å². The first kappa shape index (κ1) is 9.57. The Morgan fingerprint density at radius 1 is 1.58 bits per heavy atom. The predicted molar refractivity (Wildman–Crippen MR) is 55.1 cm³/mol. The largest absolute Gasteiger partial charge is 0.0993 e. The quantitative estimate of drug-likeness (QED) is 0.542. The van der Waals surface area contributed by atoms with Gasteiger partial charge in [-0.2, -0.15) is 0 Å². The van der Waals surface area contributed by atoms with Crippen molar-refractivity contribution in [3.63, 3.8) is 0 Å². The van der Waals surface area contributed by atoms with E-state index in [1.54, 1.807) is 0 Å². The minimum atomic E-state index is 0.341. The summed E-state index contributed by atoms with van der Waals surface area (Å²) in [4.78, 5) is 0. The molecule has 0 spiro atoms. The van der Waals surface area contributed by atoms with E-state index in [0.29, 0.717) is 5.41 Å². The molecule has 2 unspecified atom stereocenters. The van der Waals surface area contributed by atoms with E-state index in [9.17, 15) is 0 Å². The molecule has 0 aromatic rings. The molecular weight excluding hydrogens is 144 g/mol. The van der Waals surface area contributed by atoms with Crippen molar-refractivity contribution in [3.05, 3.63) is 24.3 Å². The third-order valence-corrected chi connectivity index (χ3v) is 3.13. The normalized spacial score (nSPS) is 36.1. The zero-order valence-electron chi connectivity index (χ0n) is 8.56. The molecule has 68 valence electrons. The molecule has 1 aliphatic rings. The fourth-order valence-corrected chi connectivity index (χ4v) is 2.33. The average molecular weight is 164 g/mol. The van der Waals surface area contributed by atoms with Gasteiger partial charge in [0.15, 0.2) is 0 Å². The van der Waals surface area contributed by atoms with Gasteiger partial charge in [0.25, 0.3) is 0 Å². The fourth-order valence-electron chi connectivity index (χ4n) is 2.33. The standard InChI is InChI=1S/C12H20/c1-5-7-12(10(2)3)8-6-11(4)9-12/h5,7,11H,2,6,8-9H2,1,3-4H3. The van der Waals surface area contributed by atoms with Crippen molar-refractivity contribution >= 4 is 0 Å². The third-order valence-electron chi connectivity index (χ3n) is 3.13. The van der Waals surface area contributed by atoms with Gasteiger partial charge in [0.2, 0.25) is 0 Å². The molecule has 1 fully saturated rings. The van der Waals surface area contributed by atoms with Crippen LogP contribution in [-0.2, 0) is 0 Å². The molecule has 12 heavy (non-hydrogen) atoms. The van der Waals surface area contributed by atoms with Gasteiger partial charge in [0.1, 0.15) is 0 Å². The van der Waals surface area contributed by atoms with Gasteiger partial charge in [0.05, 0.1) is 0 Å². The highest BCUT2D eigenvalue weighted by Gasteiger charge is 2.35. The summed E-state index contributed by atoms with van der Waals surface area (Å²) in [7, 11) is 0. The van der Waals surface area contributed by atoms with Gasteiger partial charge in [-0.25, -0.2) is 0 Å². The van der Waals surface area contributed by atoms with E-state index in [2.05, 4.69) is 39.5 Å². The van der Waals surface area contributed by atoms with Crippen molar-refractivity contribution < 1.29 is 0 Å². The van der Waals surface area contributed by atoms with E-state index >= 15 is 0 Å². The van der Waals surface area contributed by atoms with E-state index in [4.69, 9.17) is 0 Å². The summed E-state index contributed by atoms with van der Waals surface area (Å²) in [5, 5.41) is 0. The Bertz CT molecular complexity index is 200. The maximum absolute atomic E-state index is 4.11.